The molecule has 5 nitrogen and oxygen atoms in total. The Labute approximate surface area is 175 Å². The summed E-state index contributed by atoms with van der Waals surface area (Å²) in [5, 5.41) is 8.76. The summed E-state index contributed by atoms with van der Waals surface area (Å²) < 4.78 is 41.3. The molecule has 0 aliphatic carbocycles. The molecule has 0 fully saturated rings. The molecule has 150 valence electrons. The standard InChI is InChI=1S/C18H10ClF3N2O3S2/c19-7-1-2-11-10(3-7)24(18(27)12(28-11)5-14(25)26)6-13-23-16-15(22)8(20)4-9(21)17(16)29-13/h1-4,12H,5-6H2,(H,25,26). The van der Waals surface area contributed by atoms with Gasteiger partial charge in [-0.2, -0.15) is 0 Å². The van der Waals surface area contributed by atoms with Crippen molar-refractivity contribution in [2.24, 2.45) is 0 Å². The first-order chi connectivity index (χ1) is 13.7. The number of amides is 1. The molecule has 29 heavy (non-hydrogen) atoms. The second kappa shape index (κ2) is 7.51. The van der Waals surface area contributed by atoms with Crippen LogP contribution in [0.4, 0.5) is 18.9 Å². The summed E-state index contributed by atoms with van der Waals surface area (Å²) in [4.78, 5) is 29.9. The topological polar surface area (TPSA) is 70.5 Å². The maximum atomic E-state index is 14.0. The van der Waals surface area contributed by atoms with E-state index in [2.05, 4.69) is 4.98 Å². The molecule has 2 heterocycles. The minimum atomic E-state index is -1.35. The van der Waals surface area contributed by atoms with E-state index in [0.717, 1.165) is 23.1 Å². The number of carboxylic acid groups (broad SMARTS) is 1. The first-order valence-electron chi connectivity index (χ1n) is 8.17. The number of aliphatic carboxylic acids is 1. The second-order valence-corrected chi connectivity index (χ2v) is 8.94. The number of hydrogen-bond acceptors (Lipinski definition) is 5. The zero-order chi connectivity index (χ0) is 20.9. The van der Waals surface area contributed by atoms with Crippen LogP contribution in [0.15, 0.2) is 29.2 Å². The number of nitrogens with zero attached hydrogens (tertiary/aromatic N) is 2. The molecular weight excluding hydrogens is 449 g/mol. The van der Waals surface area contributed by atoms with Gasteiger partial charge >= 0.3 is 5.97 Å². The number of anilines is 1. The van der Waals surface area contributed by atoms with Gasteiger partial charge in [0.25, 0.3) is 0 Å². The summed E-state index contributed by atoms with van der Waals surface area (Å²) in [5.41, 5.74) is -0.00439. The summed E-state index contributed by atoms with van der Waals surface area (Å²) in [6, 6.07) is 5.28. The lowest BCUT2D eigenvalue weighted by Gasteiger charge is -2.32. The number of carbonyl (C=O) groups excluding carboxylic acids is 1. The van der Waals surface area contributed by atoms with Crippen LogP contribution in [0.2, 0.25) is 5.02 Å². The molecule has 0 saturated carbocycles. The predicted molar refractivity (Wildman–Crippen MR) is 104 cm³/mol. The van der Waals surface area contributed by atoms with E-state index in [-0.39, 0.29) is 16.3 Å². The van der Waals surface area contributed by atoms with E-state index in [0.29, 0.717) is 21.7 Å². The summed E-state index contributed by atoms with van der Waals surface area (Å²) in [7, 11) is 0. The monoisotopic (exact) mass is 458 g/mol. The van der Waals surface area contributed by atoms with Gasteiger partial charge in [-0.05, 0) is 18.2 Å². The van der Waals surface area contributed by atoms with Crippen LogP contribution < -0.4 is 4.90 Å². The van der Waals surface area contributed by atoms with Crippen LogP contribution in [-0.4, -0.2) is 27.2 Å². The summed E-state index contributed by atoms with van der Waals surface area (Å²) in [5.74, 6) is -5.19. The Morgan fingerprint density at radius 2 is 2.00 bits per heavy atom. The molecule has 0 spiro atoms. The van der Waals surface area contributed by atoms with E-state index < -0.39 is 46.5 Å². The molecule has 1 aliphatic heterocycles. The normalized spacial score (nSPS) is 16.3. The van der Waals surface area contributed by atoms with Crippen LogP contribution in [0, 0.1) is 17.5 Å². The highest BCUT2D eigenvalue weighted by atomic mass is 35.5. The molecule has 1 N–H and O–H groups in total. The minimum Gasteiger partial charge on any atom is -0.481 e. The number of carbonyl (C=O) groups is 2. The van der Waals surface area contributed by atoms with Gasteiger partial charge in [0.2, 0.25) is 5.91 Å². The van der Waals surface area contributed by atoms with Gasteiger partial charge in [-0.1, -0.05) is 11.6 Å². The average molecular weight is 459 g/mol. The largest absolute Gasteiger partial charge is 0.481 e. The summed E-state index contributed by atoms with van der Waals surface area (Å²) in [6.45, 7) is -0.164. The van der Waals surface area contributed by atoms with Crippen molar-refractivity contribution in [1.29, 1.82) is 0 Å². The number of aromatic nitrogens is 1. The Hall–Kier alpha value is -2.30. The van der Waals surface area contributed by atoms with Gasteiger partial charge in [0.15, 0.2) is 11.6 Å². The number of carboxylic acids is 1. The zero-order valence-electron chi connectivity index (χ0n) is 14.3. The Morgan fingerprint density at radius 3 is 2.72 bits per heavy atom. The molecule has 0 bridgehead atoms. The highest BCUT2D eigenvalue weighted by Gasteiger charge is 2.35. The molecule has 1 amide bonds. The second-order valence-electron chi connectivity index (χ2n) is 6.18. The fourth-order valence-corrected chi connectivity index (χ4v) is 5.30. The van der Waals surface area contributed by atoms with Crippen molar-refractivity contribution in [3.63, 3.8) is 0 Å². The third kappa shape index (κ3) is 3.67. The molecule has 4 rings (SSSR count). The SMILES string of the molecule is O=C(O)CC1Sc2ccc(Cl)cc2N(Cc2nc3c(F)c(F)cc(F)c3s2)C1=O. The third-order valence-corrected chi connectivity index (χ3v) is 6.77. The number of thiazole rings is 1. The molecule has 0 radical (unpaired) electrons. The van der Waals surface area contributed by atoms with E-state index >= 15 is 0 Å². The highest BCUT2D eigenvalue weighted by molar-refractivity contribution is 8.01. The zero-order valence-corrected chi connectivity index (χ0v) is 16.7. The van der Waals surface area contributed by atoms with E-state index in [1.807, 2.05) is 0 Å². The lowest BCUT2D eigenvalue weighted by Crippen LogP contribution is -2.41. The van der Waals surface area contributed by atoms with Gasteiger partial charge in [0.1, 0.15) is 16.3 Å². The Bertz CT molecular complexity index is 1170. The molecular formula is C18H10ClF3N2O3S2. The number of rotatable bonds is 4. The number of halogens is 4. The molecule has 1 atom stereocenters. The molecule has 0 saturated heterocycles. The quantitative estimate of drug-likeness (QED) is 0.566. The highest BCUT2D eigenvalue weighted by Crippen LogP contribution is 2.43. The molecule has 1 aliphatic rings. The smallest absolute Gasteiger partial charge is 0.305 e. The van der Waals surface area contributed by atoms with Gasteiger partial charge < -0.3 is 10.0 Å². The molecule has 1 aromatic heterocycles. The maximum Gasteiger partial charge on any atom is 0.305 e. The molecule has 11 heteroatoms. The lowest BCUT2D eigenvalue weighted by molar-refractivity contribution is -0.138. The van der Waals surface area contributed by atoms with Gasteiger partial charge in [-0.25, -0.2) is 18.2 Å². The molecule has 1 unspecified atom stereocenters. The van der Waals surface area contributed by atoms with Crippen molar-refractivity contribution in [3.05, 3.63) is 51.7 Å². The van der Waals surface area contributed by atoms with Crippen LogP contribution in [0.25, 0.3) is 10.2 Å². The van der Waals surface area contributed by atoms with Crippen LogP contribution >= 0.6 is 34.7 Å². The van der Waals surface area contributed by atoms with Crippen LogP contribution in [-0.2, 0) is 16.1 Å². The van der Waals surface area contributed by atoms with Gasteiger partial charge in [-0.15, -0.1) is 23.1 Å². The van der Waals surface area contributed by atoms with Gasteiger partial charge in [0.05, 0.1) is 28.6 Å². The minimum absolute atomic E-state index is 0.161. The number of thioether (sulfide) groups is 1. The van der Waals surface area contributed by atoms with Crippen molar-refractivity contribution in [2.75, 3.05) is 4.90 Å². The van der Waals surface area contributed by atoms with E-state index in [9.17, 15) is 22.8 Å². The van der Waals surface area contributed by atoms with Crippen molar-refractivity contribution >= 4 is 62.5 Å². The van der Waals surface area contributed by atoms with E-state index in [4.69, 9.17) is 16.7 Å². The van der Waals surface area contributed by atoms with Crippen molar-refractivity contribution in [3.8, 4) is 0 Å². The molecule has 3 aromatic rings. The lowest BCUT2D eigenvalue weighted by atomic mass is 10.2. The van der Waals surface area contributed by atoms with Gasteiger partial charge in [0, 0.05) is 16.0 Å². The van der Waals surface area contributed by atoms with Gasteiger partial charge in [-0.3, -0.25) is 9.59 Å². The third-order valence-electron chi connectivity index (χ3n) is 4.24. The number of hydrogen-bond donors (Lipinski definition) is 1. The fourth-order valence-electron chi connectivity index (χ4n) is 2.98. The number of benzene rings is 2. The van der Waals surface area contributed by atoms with E-state index in [1.54, 1.807) is 18.2 Å². The van der Waals surface area contributed by atoms with Crippen molar-refractivity contribution in [1.82, 2.24) is 4.98 Å². The summed E-state index contributed by atoms with van der Waals surface area (Å²) in [6.07, 6.45) is -0.392. The number of fused-ring (bicyclic) bond motifs is 2. The van der Waals surface area contributed by atoms with Crippen LogP contribution in [0.5, 0.6) is 0 Å². The Kier molecular flexibility index (Phi) is 5.18. The van der Waals surface area contributed by atoms with E-state index in [1.165, 1.54) is 4.90 Å². The molecule has 2 aromatic carbocycles. The first-order valence-corrected chi connectivity index (χ1v) is 10.2. The van der Waals surface area contributed by atoms with Crippen molar-refractivity contribution in [2.45, 2.75) is 23.1 Å². The summed E-state index contributed by atoms with van der Waals surface area (Å²) >= 11 is 7.95. The fraction of sp³-hybridized carbons (Fsp3) is 0.167. The van der Waals surface area contributed by atoms with Crippen LogP contribution in [0.3, 0.4) is 0 Å². The van der Waals surface area contributed by atoms with Crippen LogP contribution in [0.1, 0.15) is 11.4 Å². The average Bonchev–Trinajstić information content (AvgIpc) is 3.08. The predicted octanol–water partition coefficient (Wildman–Crippen LogP) is 4.85. The Balaban J connectivity index is 1.77. The Morgan fingerprint density at radius 1 is 1.24 bits per heavy atom. The first kappa shape index (κ1) is 20.0. The maximum absolute atomic E-state index is 14.0. The van der Waals surface area contributed by atoms with Crippen molar-refractivity contribution < 1.29 is 27.9 Å².